The van der Waals surface area contributed by atoms with Crippen molar-refractivity contribution in [3.05, 3.63) is 48.0 Å². The van der Waals surface area contributed by atoms with Crippen LogP contribution in [0.1, 0.15) is 39.4 Å². The van der Waals surface area contributed by atoms with Gasteiger partial charge in [0.25, 0.3) is 0 Å². The Morgan fingerprint density at radius 3 is 1.98 bits per heavy atom. The van der Waals surface area contributed by atoms with Crippen LogP contribution in [0.25, 0.3) is 0 Å². The van der Waals surface area contributed by atoms with Gasteiger partial charge in [-0.3, -0.25) is 19.2 Å². The quantitative estimate of drug-likeness (QED) is 0.160. The summed E-state index contributed by atoms with van der Waals surface area (Å²) in [6.45, 7) is 4.43. The molecule has 14 nitrogen and oxygen atoms in total. The fourth-order valence-corrected chi connectivity index (χ4v) is 4.65. The second-order valence-corrected chi connectivity index (χ2v) is 9.79. The number of carbonyl (C=O) groups excluding carboxylic acids is 4. The number of para-hydroxylation sites is 2. The van der Waals surface area contributed by atoms with Crippen LogP contribution in [0.15, 0.2) is 42.5 Å². The van der Waals surface area contributed by atoms with E-state index in [0.29, 0.717) is 17.1 Å². The summed E-state index contributed by atoms with van der Waals surface area (Å²) in [6, 6.07) is 11.6. The Morgan fingerprint density at radius 2 is 1.40 bits per heavy atom. The lowest BCUT2D eigenvalue weighted by Gasteiger charge is -2.30. The van der Waals surface area contributed by atoms with Gasteiger partial charge in [0.2, 0.25) is 0 Å². The largest absolute Gasteiger partial charge is 0.493 e. The van der Waals surface area contributed by atoms with Gasteiger partial charge in [-0.05, 0) is 29.8 Å². The first-order valence-electron chi connectivity index (χ1n) is 13.9. The molecule has 0 N–H and O–H groups in total. The lowest BCUT2D eigenvalue weighted by molar-refractivity contribution is -0.182. The molecule has 246 valence electrons. The third-order valence-corrected chi connectivity index (χ3v) is 6.45. The van der Waals surface area contributed by atoms with E-state index in [-0.39, 0.29) is 24.7 Å². The second-order valence-electron chi connectivity index (χ2n) is 9.79. The van der Waals surface area contributed by atoms with Crippen LogP contribution in [-0.4, -0.2) is 89.1 Å². The van der Waals surface area contributed by atoms with Crippen LogP contribution in [0.3, 0.4) is 0 Å². The Kier molecular flexibility index (Phi) is 12.9. The van der Waals surface area contributed by atoms with Crippen molar-refractivity contribution in [3.63, 3.8) is 0 Å². The third-order valence-electron chi connectivity index (χ3n) is 6.45. The van der Waals surface area contributed by atoms with Gasteiger partial charge in [-0.15, -0.1) is 0 Å². The van der Waals surface area contributed by atoms with E-state index in [1.54, 1.807) is 36.4 Å². The molecular formula is C31H38O14. The molecule has 1 aliphatic rings. The van der Waals surface area contributed by atoms with Gasteiger partial charge >= 0.3 is 23.9 Å². The van der Waals surface area contributed by atoms with Gasteiger partial charge < -0.3 is 47.4 Å². The molecule has 1 aliphatic heterocycles. The summed E-state index contributed by atoms with van der Waals surface area (Å²) in [5.74, 6) is -1.27. The van der Waals surface area contributed by atoms with Crippen molar-refractivity contribution in [1.82, 2.24) is 0 Å². The lowest BCUT2D eigenvalue weighted by Crippen LogP contribution is -2.42. The van der Waals surface area contributed by atoms with Crippen LogP contribution in [-0.2, 0) is 47.6 Å². The number of hydrogen-bond donors (Lipinski definition) is 0. The first-order valence-corrected chi connectivity index (χ1v) is 13.9. The van der Waals surface area contributed by atoms with Crippen LogP contribution >= 0.6 is 0 Å². The van der Waals surface area contributed by atoms with E-state index in [1.165, 1.54) is 55.1 Å². The average Bonchev–Trinajstić information content (AvgIpc) is 3.30. The van der Waals surface area contributed by atoms with Gasteiger partial charge in [-0.2, -0.15) is 0 Å². The minimum atomic E-state index is -1.08. The van der Waals surface area contributed by atoms with Crippen LogP contribution in [0.2, 0.25) is 0 Å². The number of esters is 4. The Balaban J connectivity index is 2.05. The maximum atomic E-state index is 12.0. The normalized spacial score (nSPS) is 20.3. The first kappa shape index (κ1) is 35.1. The summed E-state index contributed by atoms with van der Waals surface area (Å²) in [7, 11) is 4.24. The van der Waals surface area contributed by atoms with Gasteiger partial charge in [-0.1, -0.05) is 18.2 Å². The molecule has 0 spiro atoms. The number of hydrogen-bond acceptors (Lipinski definition) is 14. The maximum Gasteiger partial charge on any atom is 0.308 e. The fraction of sp³-hybridized carbons (Fsp3) is 0.484. The first-order chi connectivity index (χ1) is 21.5. The highest BCUT2D eigenvalue weighted by atomic mass is 16.7. The molecule has 0 unspecified atom stereocenters. The van der Waals surface area contributed by atoms with Gasteiger partial charge in [0.05, 0.1) is 20.8 Å². The molecule has 1 fully saturated rings. The van der Waals surface area contributed by atoms with Crippen LogP contribution in [0.4, 0.5) is 0 Å². The molecule has 1 saturated heterocycles. The van der Waals surface area contributed by atoms with E-state index >= 15 is 0 Å². The monoisotopic (exact) mass is 634 g/mol. The second kappa shape index (κ2) is 16.6. The minimum Gasteiger partial charge on any atom is -0.493 e. The molecule has 2 aromatic rings. The molecule has 3 rings (SSSR count). The molecule has 6 atom stereocenters. The Labute approximate surface area is 260 Å². The SMILES string of the molecule is COc1cc([C@@H](OC[C@@H]2O[C@@H](OC)[C@H](OC(C)=O)[C@H]2OC(C)=O)[C@H](COC(C)=O)Oc2ccccc2OC)ccc1OC(C)=O. The summed E-state index contributed by atoms with van der Waals surface area (Å²) in [6.07, 6.45) is -6.19. The van der Waals surface area contributed by atoms with Crippen molar-refractivity contribution in [2.24, 2.45) is 0 Å². The van der Waals surface area contributed by atoms with Crippen molar-refractivity contribution in [2.75, 3.05) is 34.5 Å². The number of carbonyl (C=O) groups is 4. The Morgan fingerprint density at radius 1 is 0.756 bits per heavy atom. The highest BCUT2D eigenvalue weighted by molar-refractivity contribution is 5.70. The van der Waals surface area contributed by atoms with E-state index in [2.05, 4.69) is 0 Å². The molecule has 0 aromatic heterocycles. The molecule has 0 saturated carbocycles. The van der Waals surface area contributed by atoms with Crippen molar-refractivity contribution in [1.29, 1.82) is 0 Å². The molecule has 0 amide bonds. The Hall–Kier alpha value is -4.40. The Bertz CT molecular complexity index is 1330. The lowest BCUT2D eigenvalue weighted by atomic mass is 10.0. The summed E-state index contributed by atoms with van der Waals surface area (Å²) in [4.78, 5) is 47.4. The number of ether oxygens (including phenoxy) is 10. The van der Waals surface area contributed by atoms with Gasteiger partial charge in [-0.25, -0.2) is 0 Å². The molecule has 14 heteroatoms. The predicted octanol–water partition coefficient (Wildman–Crippen LogP) is 2.93. The van der Waals surface area contributed by atoms with E-state index in [9.17, 15) is 19.2 Å². The zero-order chi connectivity index (χ0) is 33.1. The molecule has 0 aliphatic carbocycles. The van der Waals surface area contributed by atoms with Crippen LogP contribution < -0.4 is 18.9 Å². The number of benzene rings is 2. The van der Waals surface area contributed by atoms with Crippen molar-refractivity contribution in [2.45, 2.75) is 64.5 Å². The van der Waals surface area contributed by atoms with E-state index in [0.717, 1.165) is 0 Å². The number of methoxy groups -OCH3 is 3. The molecule has 1 heterocycles. The molecular weight excluding hydrogens is 596 g/mol. The summed E-state index contributed by atoms with van der Waals surface area (Å²) >= 11 is 0. The summed E-state index contributed by atoms with van der Waals surface area (Å²) in [5.41, 5.74) is 0.469. The smallest absolute Gasteiger partial charge is 0.308 e. The van der Waals surface area contributed by atoms with E-state index in [1.807, 2.05) is 0 Å². The highest BCUT2D eigenvalue weighted by Crippen LogP contribution is 2.37. The third kappa shape index (κ3) is 9.80. The topological polar surface area (TPSA) is 161 Å². The van der Waals surface area contributed by atoms with Gasteiger partial charge in [0.1, 0.15) is 18.8 Å². The van der Waals surface area contributed by atoms with Crippen molar-refractivity contribution < 1.29 is 66.5 Å². The standard InChI is InChI=1S/C31H38O14/c1-17(32)39-15-26(44-23-11-9-8-10-22(23)36-5)28(21-12-13-24(41-18(2)33)25(14-21)37-6)40-16-27-29(42-19(3)34)30(43-20(4)35)31(38-7)45-27/h8-14,26-31H,15-16H2,1-7H3/t26-,27-,28+,29-,30+,31+/m0/s1. The molecule has 2 aromatic carbocycles. The summed E-state index contributed by atoms with van der Waals surface area (Å²) < 4.78 is 56.4. The zero-order valence-electron chi connectivity index (χ0n) is 26.1. The van der Waals surface area contributed by atoms with E-state index in [4.69, 9.17) is 47.4 Å². The summed E-state index contributed by atoms with van der Waals surface area (Å²) in [5, 5.41) is 0. The highest BCUT2D eigenvalue weighted by Gasteiger charge is 2.50. The minimum absolute atomic E-state index is 0.163. The molecule has 0 bridgehead atoms. The predicted molar refractivity (Wildman–Crippen MR) is 154 cm³/mol. The zero-order valence-corrected chi connectivity index (χ0v) is 26.1. The fourth-order valence-electron chi connectivity index (χ4n) is 4.65. The van der Waals surface area contributed by atoms with Crippen LogP contribution in [0, 0.1) is 0 Å². The molecule has 0 radical (unpaired) electrons. The van der Waals surface area contributed by atoms with Gasteiger partial charge in [0.15, 0.2) is 47.6 Å². The van der Waals surface area contributed by atoms with Crippen molar-refractivity contribution >= 4 is 23.9 Å². The van der Waals surface area contributed by atoms with E-state index < -0.39 is 60.7 Å². The average molecular weight is 635 g/mol. The van der Waals surface area contributed by atoms with Crippen molar-refractivity contribution in [3.8, 4) is 23.0 Å². The van der Waals surface area contributed by atoms with Gasteiger partial charge in [0, 0.05) is 34.8 Å². The number of rotatable bonds is 15. The maximum absolute atomic E-state index is 12.0. The van der Waals surface area contributed by atoms with Crippen LogP contribution in [0.5, 0.6) is 23.0 Å². The molecule has 45 heavy (non-hydrogen) atoms.